The van der Waals surface area contributed by atoms with Crippen molar-refractivity contribution in [3.8, 4) is 83.5 Å². The van der Waals surface area contributed by atoms with Crippen molar-refractivity contribution in [2.24, 2.45) is 0 Å². The van der Waals surface area contributed by atoms with Gasteiger partial charge in [-0.1, -0.05) is 84.9 Å². The highest BCUT2D eigenvalue weighted by Crippen LogP contribution is 2.60. The first-order chi connectivity index (χ1) is 22.6. The van der Waals surface area contributed by atoms with Crippen LogP contribution >= 0.6 is 45.3 Å². The molecule has 220 valence electrons. The normalized spacial score (nSPS) is 11.7. The van der Waals surface area contributed by atoms with Crippen molar-refractivity contribution in [3.05, 3.63) is 133 Å². The molecule has 4 N–H and O–H groups in total. The summed E-state index contributed by atoms with van der Waals surface area (Å²) in [5, 5.41) is 0. The summed E-state index contributed by atoms with van der Waals surface area (Å²) in [5.74, 6) is 0. The standard InChI is InChI=1S/C40H26N2S4/c41-27-15-11-25(12-16-27)35-21-31-32-22-36(26-13-17-28(42)18-14-26)46-40(32)38-30(20-34(44-38)24-9-5-2-6-10-24)29-19-33(23-7-3-1-4-8-23)43-37(29)39(31)45-35/h1-22H,41-42H2. The lowest BCUT2D eigenvalue weighted by Gasteiger charge is -2.12. The smallest absolute Gasteiger partial charge is 0.0534 e. The van der Waals surface area contributed by atoms with Crippen LogP contribution in [-0.2, 0) is 0 Å². The summed E-state index contributed by atoms with van der Waals surface area (Å²) in [6.45, 7) is 0. The fourth-order valence-electron chi connectivity index (χ4n) is 6.11. The van der Waals surface area contributed by atoms with E-state index in [0.29, 0.717) is 0 Å². The molecular weight excluding hydrogens is 637 g/mol. The van der Waals surface area contributed by atoms with E-state index < -0.39 is 0 Å². The highest BCUT2D eigenvalue weighted by molar-refractivity contribution is 7.28. The van der Waals surface area contributed by atoms with Crippen molar-refractivity contribution in [1.82, 2.24) is 0 Å². The van der Waals surface area contributed by atoms with Crippen LogP contribution in [0.4, 0.5) is 11.4 Å². The lowest BCUT2D eigenvalue weighted by atomic mass is 9.95. The third-order valence-electron chi connectivity index (χ3n) is 8.43. The van der Waals surface area contributed by atoms with Gasteiger partial charge in [0.2, 0.25) is 0 Å². The molecule has 6 heteroatoms. The second-order valence-corrected chi connectivity index (χ2v) is 15.6. The van der Waals surface area contributed by atoms with Gasteiger partial charge in [0.1, 0.15) is 0 Å². The molecule has 0 spiro atoms. The van der Waals surface area contributed by atoms with Crippen LogP contribution in [0.15, 0.2) is 133 Å². The van der Waals surface area contributed by atoms with Crippen molar-refractivity contribution >= 4 is 56.7 Å². The Hall–Kier alpha value is -4.72. The Morgan fingerprint density at radius 3 is 0.848 bits per heavy atom. The van der Waals surface area contributed by atoms with Crippen molar-refractivity contribution < 1.29 is 0 Å². The van der Waals surface area contributed by atoms with Gasteiger partial charge in [0.15, 0.2) is 0 Å². The second-order valence-electron chi connectivity index (χ2n) is 11.4. The number of benzene rings is 4. The number of nitrogen functional groups attached to an aromatic ring is 2. The Labute approximate surface area is 283 Å². The molecular formula is C40H26N2S4. The fourth-order valence-corrected chi connectivity index (χ4v) is 11.1. The maximum atomic E-state index is 6.09. The van der Waals surface area contributed by atoms with Crippen LogP contribution < -0.4 is 11.5 Å². The number of rotatable bonds is 4. The summed E-state index contributed by atoms with van der Waals surface area (Å²) in [5.41, 5.74) is 23.8. The van der Waals surface area contributed by atoms with Crippen LogP contribution in [0.5, 0.6) is 0 Å². The minimum absolute atomic E-state index is 0.777. The third kappa shape index (κ3) is 4.65. The molecule has 0 fully saturated rings. The summed E-state index contributed by atoms with van der Waals surface area (Å²) < 4.78 is 0. The van der Waals surface area contributed by atoms with Crippen LogP contribution in [0.25, 0.3) is 83.5 Å². The molecule has 1 aliphatic rings. The van der Waals surface area contributed by atoms with Crippen molar-refractivity contribution in [1.29, 1.82) is 0 Å². The SMILES string of the molecule is Nc1ccc(-c2cc3c(s2)-c2sc(-c4ccccc4)cc2-c2cc(-c4ccccc4)sc2-c2sc(-c4ccc(N)cc4)cc2-3)cc1. The molecule has 4 heterocycles. The monoisotopic (exact) mass is 662 g/mol. The van der Waals surface area contributed by atoms with Gasteiger partial charge in [-0.2, -0.15) is 0 Å². The average Bonchev–Trinajstić information content (AvgIpc) is 3.89. The first kappa shape index (κ1) is 27.6. The van der Waals surface area contributed by atoms with Gasteiger partial charge in [-0.3, -0.25) is 0 Å². The largest absolute Gasteiger partial charge is 0.399 e. The van der Waals surface area contributed by atoms with E-state index >= 15 is 0 Å². The Morgan fingerprint density at radius 2 is 0.565 bits per heavy atom. The molecule has 0 saturated heterocycles. The van der Waals surface area contributed by atoms with Crippen molar-refractivity contribution in [3.63, 3.8) is 0 Å². The molecule has 0 saturated carbocycles. The molecule has 8 aromatic rings. The molecule has 0 radical (unpaired) electrons. The van der Waals surface area contributed by atoms with Gasteiger partial charge in [-0.15, -0.1) is 45.3 Å². The van der Waals surface area contributed by atoms with E-state index in [0.717, 1.165) is 11.4 Å². The molecule has 0 unspecified atom stereocenters. The van der Waals surface area contributed by atoms with Gasteiger partial charge in [-0.05, 0) is 70.8 Å². The first-order valence-electron chi connectivity index (χ1n) is 15.0. The maximum Gasteiger partial charge on any atom is 0.0534 e. The van der Waals surface area contributed by atoms with Gasteiger partial charge < -0.3 is 11.5 Å². The third-order valence-corrected chi connectivity index (χ3v) is 13.5. The molecule has 0 bridgehead atoms. The van der Waals surface area contributed by atoms with Gasteiger partial charge in [-0.25, -0.2) is 0 Å². The predicted molar refractivity (Wildman–Crippen MR) is 204 cm³/mol. The van der Waals surface area contributed by atoms with Crippen LogP contribution in [-0.4, -0.2) is 0 Å². The highest BCUT2D eigenvalue weighted by Gasteiger charge is 2.30. The zero-order valence-electron chi connectivity index (χ0n) is 24.5. The molecule has 46 heavy (non-hydrogen) atoms. The number of fused-ring (bicyclic) bond motifs is 8. The zero-order chi connectivity index (χ0) is 30.8. The van der Waals surface area contributed by atoms with E-state index in [1.54, 1.807) is 0 Å². The van der Waals surface area contributed by atoms with E-state index in [2.05, 4.69) is 109 Å². The Kier molecular flexibility index (Phi) is 6.57. The van der Waals surface area contributed by atoms with Crippen LogP contribution in [0.3, 0.4) is 0 Å². The fraction of sp³-hybridized carbons (Fsp3) is 0. The van der Waals surface area contributed by atoms with Gasteiger partial charge in [0.25, 0.3) is 0 Å². The molecule has 0 atom stereocenters. The predicted octanol–water partition coefficient (Wildman–Crippen LogP) is 12.7. The van der Waals surface area contributed by atoms with Gasteiger partial charge >= 0.3 is 0 Å². The molecule has 2 nitrogen and oxygen atoms in total. The number of hydrogen-bond acceptors (Lipinski definition) is 6. The van der Waals surface area contributed by atoms with Crippen LogP contribution in [0.2, 0.25) is 0 Å². The van der Waals surface area contributed by atoms with Crippen molar-refractivity contribution in [2.45, 2.75) is 0 Å². The van der Waals surface area contributed by atoms with Gasteiger partial charge in [0, 0.05) is 53.1 Å². The molecule has 1 aliphatic carbocycles. The van der Waals surface area contributed by atoms with E-state index in [1.165, 1.54) is 83.5 Å². The molecule has 4 aromatic carbocycles. The molecule has 4 aromatic heterocycles. The summed E-state index contributed by atoms with van der Waals surface area (Å²) >= 11 is 7.55. The van der Waals surface area contributed by atoms with E-state index in [4.69, 9.17) is 11.5 Å². The summed E-state index contributed by atoms with van der Waals surface area (Å²) in [7, 11) is 0. The zero-order valence-corrected chi connectivity index (χ0v) is 27.8. The van der Waals surface area contributed by atoms with Gasteiger partial charge in [0.05, 0.1) is 19.5 Å². The summed E-state index contributed by atoms with van der Waals surface area (Å²) in [6.07, 6.45) is 0. The van der Waals surface area contributed by atoms with E-state index in [9.17, 15) is 0 Å². The second kappa shape index (κ2) is 11.0. The van der Waals surface area contributed by atoms with Crippen molar-refractivity contribution in [2.75, 3.05) is 11.5 Å². The Morgan fingerprint density at radius 1 is 0.304 bits per heavy atom. The average molecular weight is 663 g/mol. The number of anilines is 2. The molecule has 0 aliphatic heterocycles. The van der Waals surface area contributed by atoms with Crippen LogP contribution in [0, 0.1) is 0 Å². The topological polar surface area (TPSA) is 52.0 Å². The minimum atomic E-state index is 0.777. The first-order valence-corrected chi connectivity index (χ1v) is 18.2. The quantitative estimate of drug-likeness (QED) is 0.184. The molecule has 9 rings (SSSR count). The maximum absolute atomic E-state index is 6.09. The Bertz CT molecular complexity index is 2180. The lowest BCUT2D eigenvalue weighted by molar-refractivity contribution is 1.66. The number of thiophene rings is 4. The number of hydrogen-bond donors (Lipinski definition) is 2. The minimum Gasteiger partial charge on any atom is -0.399 e. The Balaban J connectivity index is 1.35. The van der Waals surface area contributed by atoms with E-state index in [1.807, 2.05) is 69.6 Å². The molecule has 0 amide bonds. The van der Waals surface area contributed by atoms with E-state index in [-0.39, 0.29) is 0 Å². The number of nitrogens with two attached hydrogens (primary N) is 2. The highest BCUT2D eigenvalue weighted by atomic mass is 32.1. The summed E-state index contributed by atoms with van der Waals surface area (Å²) in [6, 6.07) is 47.7. The van der Waals surface area contributed by atoms with Crippen LogP contribution in [0.1, 0.15) is 0 Å². The lowest BCUT2D eigenvalue weighted by Crippen LogP contribution is -1.85. The summed E-state index contributed by atoms with van der Waals surface area (Å²) in [4.78, 5) is 10.3.